The molecule has 0 bridgehead atoms. The summed E-state index contributed by atoms with van der Waals surface area (Å²) in [5.41, 5.74) is 3.88. The van der Waals surface area contributed by atoms with Gasteiger partial charge in [-0.1, -0.05) is 36.4 Å². The van der Waals surface area contributed by atoms with Gasteiger partial charge < -0.3 is 24.4 Å². The van der Waals surface area contributed by atoms with E-state index in [1.54, 1.807) is 59.3 Å². The van der Waals surface area contributed by atoms with Gasteiger partial charge in [0.2, 0.25) is 0 Å². The van der Waals surface area contributed by atoms with E-state index in [-0.39, 0.29) is 11.5 Å². The second-order valence-electron chi connectivity index (χ2n) is 7.94. The second kappa shape index (κ2) is 11.2. The highest BCUT2D eigenvalue weighted by Gasteiger charge is 2.16. The Morgan fingerprint density at radius 1 is 0.784 bits per heavy atom. The molecule has 188 valence electrons. The number of methoxy groups -OCH3 is 3. The number of phenols is 2. The minimum atomic E-state index is -0.474. The van der Waals surface area contributed by atoms with Crippen molar-refractivity contribution in [1.82, 2.24) is 9.78 Å². The smallest absolute Gasteiger partial charge is 0.340 e. The van der Waals surface area contributed by atoms with Crippen LogP contribution < -0.4 is 9.47 Å². The zero-order valence-electron chi connectivity index (χ0n) is 20.6. The fourth-order valence-electron chi connectivity index (χ4n) is 3.71. The fourth-order valence-corrected chi connectivity index (χ4v) is 3.71. The second-order valence-corrected chi connectivity index (χ2v) is 7.94. The number of rotatable bonds is 8. The number of ether oxygens (including phenoxy) is 3. The van der Waals surface area contributed by atoms with E-state index < -0.39 is 5.97 Å². The first-order valence-corrected chi connectivity index (χ1v) is 11.3. The largest absolute Gasteiger partial charge is 0.504 e. The van der Waals surface area contributed by atoms with Crippen LogP contribution in [0.4, 0.5) is 0 Å². The van der Waals surface area contributed by atoms with Gasteiger partial charge in [0.1, 0.15) is 0 Å². The number of nitrogens with zero attached hydrogens (tertiary/aromatic N) is 2. The van der Waals surface area contributed by atoms with Gasteiger partial charge in [0.25, 0.3) is 0 Å². The van der Waals surface area contributed by atoms with Gasteiger partial charge in [0.05, 0.1) is 44.0 Å². The van der Waals surface area contributed by atoms with Crippen LogP contribution in [0.5, 0.6) is 23.0 Å². The maximum absolute atomic E-state index is 12.4. The topological polar surface area (TPSA) is 103 Å². The Labute approximate surface area is 214 Å². The quantitative estimate of drug-likeness (QED) is 0.312. The van der Waals surface area contributed by atoms with Gasteiger partial charge >= 0.3 is 5.97 Å². The number of para-hydroxylation sites is 1. The van der Waals surface area contributed by atoms with Crippen LogP contribution in [0.2, 0.25) is 0 Å². The molecule has 8 nitrogen and oxygen atoms in total. The molecule has 4 rings (SSSR count). The molecule has 1 aromatic heterocycles. The molecule has 1 heterocycles. The average molecular weight is 499 g/mol. The molecule has 0 saturated carbocycles. The van der Waals surface area contributed by atoms with E-state index in [1.165, 1.54) is 21.3 Å². The number of phenolic OH excluding ortho intramolecular Hbond substituents is 2. The number of hydrogen-bond acceptors (Lipinski definition) is 7. The Bertz CT molecular complexity index is 1490. The first kappa shape index (κ1) is 25.1. The van der Waals surface area contributed by atoms with Crippen molar-refractivity contribution in [3.8, 4) is 28.7 Å². The molecule has 4 aromatic rings. The number of aromatic nitrogens is 2. The van der Waals surface area contributed by atoms with Gasteiger partial charge in [0.15, 0.2) is 23.0 Å². The Morgan fingerprint density at radius 2 is 1.38 bits per heavy atom. The zero-order valence-corrected chi connectivity index (χ0v) is 20.6. The molecular formula is C29H26N2O6. The monoisotopic (exact) mass is 498 g/mol. The van der Waals surface area contributed by atoms with Crippen LogP contribution in [0.15, 0.2) is 66.7 Å². The van der Waals surface area contributed by atoms with Crippen molar-refractivity contribution >= 4 is 30.3 Å². The Balaban J connectivity index is 1.77. The molecule has 0 atom stereocenters. The third-order valence-corrected chi connectivity index (χ3v) is 5.59. The molecular weight excluding hydrogens is 472 g/mol. The van der Waals surface area contributed by atoms with Crippen LogP contribution >= 0.6 is 0 Å². The summed E-state index contributed by atoms with van der Waals surface area (Å²) in [6.07, 6.45) is 7.38. The van der Waals surface area contributed by atoms with Gasteiger partial charge in [-0.15, -0.1) is 0 Å². The molecule has 37 heavy (non-hydrogen) atoms. The van der Waals surface area contributed by atoms with Gasteiger partial charge in [-0.05, 0) is 65.7 Å². The number of carbonyl (C=O) groups excluding carboxylic acids is 1. The lowest BCUT2D eigenvalue weighted by molar-refractivity contribution is 0.0600. The first-order valence-electron chi connectivity index (χ1n) is 11.3. The van der Waals surface area contributed by atoms with Crippen molar-refractivity contribution in [3.05, 3.63) is 94.8 Å². The predicted molar refractivity (Wildman–Crippen MR) is 142 cm³/mol. The zero-order chi connectivity index (χ0) is 26.4. The summed E-state index contributed by atoms with van der Waals surface area (Å²) in [4.78, 5) is 12.4. The molecule has 8 heteroatoms. The Morgan fingerprint density at radius 3 is 1.97 bits per heavy atom. The highest BCUT2D eigenvalue weighted by molar-refractivity contribution is 5.93. The molecule has 0 spiro atoms. The van der Waals surface area contributed by atoms with Gasteiger partial charge in [-0.3, -0.25) is 0 Å². The van der Waals surface area contributed by atoms with E-state index >= 15 is 0 Å². The van der Waals surface area contributed by atoms with Crippen molar-refractivity contribution in [1.29, 1.82) is 0 Å². The molecule has 0 aliphatic heterocycles. The minimum Gasteiger partial charge on any atom is -0.504 e. The summed E-state index contributed by atoms with van der Waals surface area (Å²) in [6, 6.07) is 19.0. The maximum atomic E-state index is 12.4. The van der Waals surface area contributed by atoms with E-state index in [0.717, 1.165) is 11.1 Å². The molecule has 0 saturated heterocycles. The normalized spacial score (nSPS) is 11.2. The van der Waals surface area contributed by atoms with Crippen molar-refractivity contribution in [2.45, 2.75) is 0 Å². The maximum Gasteiger partial charge on any atom is 0.340 e. The summed E-state index contributed by atoms with van der Waals surface area (Å²) >= 11 is 0. The molecule has 0 radical (unpaired) electrons. The van der Waals surface area contributed by atoms with Crippen molar-refractivity contribution in [2.24, 2.45) is 0 Å². The van der Waals surface area contributed by atoms with Crippen LogP contribution in [0.3, 0.4) is 0 Å². The highest BCUT2D eigenvalue weighted by Crippen LogP contribution is 2.29. The fraction of sp³-hybridized carbons (Fsp3) is 0.103. The number of hydrogen-bond donors (Lipinski definition) is 2. The van der Waals surface area contributed by atoms with E-state index in [9.17, 15) is 15.0 Å². The summed E-state index contributed by atoms with van der Waals surface area (Å²) in [5.74, 6) is 0.362. The molecule has 0 amide bonds. The van der Waals surface area contributed by atoms with E-state index in [1.807, 2.05) is 36.4 Å². The van der Waals surface area contributed by atoms with Crippen LogP contribution in [0, 0.1) is 0 Å². The van der Waals surface area contributed by atoms with Crippen molar-refractivity contribution < 1.29 is 29.2 Å². The first-order chi connectivity index (χ1) is 17.9. The summed E-state index contributed by atoms with van der Waals surface area (Å²) in [7, 11) is 4.32. The Hall–Kier alpha value is -4.98. The highest BCUT2D eigenvalue weighted by atomic mass is 16.5. The summed E-state index contributed by atoms with van der Waals surface area (Å²) < 4.78 is 17.0. The molecule has 0 aliphatic rings. The lowest BCUT2D eigenvalue weighted by Crippen LogP contribution is -2.09. The number of carbonyl (C=O) groups is 1. The number of esters is 1. The average Bonchev–Trinajstić information content (AvgIpc) is 3.34. The van der Waals surface area contributed by atoms with Gasteiger partial charge in [0, 0.05) is 0 Å². The number of aromatic hydroxyl groups is 2. The number of benzene rings is 3. The van der Waals surface area contributed by atoms with E-state index in [0.29, 0.717) is 34.1 Å². The molecule has 0 unspecified atom stereocenters. The standard InChI is InChI=1S/C29H26N2O6/c1-35-27-16-19(10-14-25(27)32)8-12-21-18-22(13-9-20-11-15-26(33)28(17-20)36-2)31(30-21)24-7-5-4-6-23(24)29(34)37-3/h4-18,32-33H,1-3H3/b12-8+,13-9+. The van der Waals surface area contributed by atoms with E-state index in [2.05, 4.69) is 0 Å². The van der Waals surface area contributed by atoms with Gasteiger partial charge in [-0.25, -0.2) is 9.48 Å². The molecule has 2 N–H and O–H groups in total. The lowest BCUT2D eigenvalue weighted by atomic mass is 10.1. The third-order valence-electron chi connectivity index (χ3n) is 5.59. The predicted octanol–water partition coefficient (Wildman–Crippen LogP) is 5.43. The molecule has 0 aliphatic carbocycles. The summed E-state index contributed by atoms with van der Waals surface area (Å²) in [5, 5.41) is 24.5. The SMILES string of the molecule is COC(=O)c1ccccc1-n1nc(/C=C/c2ccc(O)c(OC)c2)cc1/C=C/c1ccc(O)c(OC)c1. The van der Waals surface area contributed by atoms with Gasteiger partial charge in [-0.2, -0.15) is 5.10 Å². The Kier molecular flexibility index (Phi) is 7.59. The van der Waals surface area contributed by atoms with Crippen LogP contribution in [-0.4, -0.2) is 47.3 Å². The van der Waals surface area contributed by atoms with Crippen LogP contribution in [0.1, 0.15) is 32.9 Å². The van der Waals surface area contributed by atoms with Crippen molar-refractivity contribution in [2.75, 3.05) is 21.3 Å². The van der Waals surface area contributed by atoms with Crippen LogP contribution in [-0.2, 0) is 4.74 Å². The van der Waals surface area contributed by atoms with E-state index in [4.69, 9.17) is 19.3 Å². The minimum absolute atomic E-state index is 0.0509. The molecule has 3 aromatic carbocycles. The summed E-state index contributed by atoms with van der Waals surface area (Å²) in [6.45, 7) is 0. The van der Waals surface area contributed by atoms with Crippen LogP contribution in [0.25, 0.3) is 30.0 Å². The molecule has 0 fully saturated rings. The third kappa shape index (κ3) is 5.65. The lowest BCUT2D eigenvalue weighted by Gasteiger charge is -2.10. The van der Waals surface area contributed by atoms with Crippen molar-refractivity contribution in [3.63, 3.8) is 0 Å².